The van der Waals surface area contributed by atoms with Crippen molar-refractivity contribution in [3.63, 3.8) is 0 Å². The van der Waals surface area contributed by atoms with Gasteiger partial charge in [0.05, 0.1) is 4.92 Å². The van der Waals surface area contributed by atoms with Crippen molar-refractivity contribution < 1.29 is 19.6 Å². The first kappa shape index (κ1) is 16.5. The highest BCUT2D eigenvalue weighted by molar-refractivity contribution is 5.89. The molecule has 1 unspecified atom stereocenters. The van der Waals surface area contributed by atoms with Crippen molar-refractivity contribution in [3.8, 4) is 5.75 Å². The second-order valence-corrected chi connectivity index (χ2v) is 5.12. The van der Waals surface area contributed by atoms with Gasteiger partial charge in [0, 0.05) is 0 Å². The highest BCUT2D eigenvalue weighted by Gasteiger charge is 2.25. The predicted octanol–water partition coefficient (Wildman–Crippen LogP) is 3.04. The summed E-state index contributed by atoms with van der Waals surface area (Å²) in [5.74, 6) is -0.420. The van der Waals surface area contributed by atoms with Gasteiger partial charge in [0.2, 0.25) is 5.69 Å². The third-order valence-electron chi connectivity index (χ3n) is 3.57. The Kier molecular flexibility index (Phi) is 4.95. The topological polar surface area (TPSA) is 107 Å². The van der Waals surface area contributed by atoms with E-state index in [1.54, 1.807) is 12.1 Å². The molecule has 2 aromatic rings. The summed E-state index contributed by atoms with van der Waals surface area (Å²) in [4.78, 5) is 20.9. The van der Waals surface area contributed by atoms with Crippen molar-refractivity contribution in [1.29, 1.82) is 0 Å². The number of hydrogen-bond donors (Lipinski definition) is 1. The SMILES string of the molecule is CCC(C)c1ccc(OCn2cc([N+](=O)[O-])c(C(=O)O)n2)cc1. The summed E-state index contributed by atoms with van der Waals surface area (Å²) in [5.41, 5.74) is 0.0293. The van der Waals surface area contributed by atoms with Gasteiger partial charge in [0.1, 0.15) is 11.9 Å². The zero-order valence-electron chi connectivity index (χ0n) is 12.8. The van der Waals surface area contributed by atoms with Crippen LogP contribution in [0.4, 0.5) is 5.69 Å². The first-order valence-corrected chi connectivity index (χ1v) is 7.10. The lowest BCUT2D eigenvalue weighted by molar-refractivity contribution is -0.385. The maximum atomic E-state index is 10.9. The Balaban J connectivity index is 2.07. The number of aromatic carboxylic acids is 1. The number of hydrogen-bond acceptors (Lipinski definition) is 5. The molecule has 0 radical (unpaired) electrons. The van der Waals surface area contributed by atoms with Crippen molar-refractivity contribution in [2.24, 2.45) is 0 Å². The van der Waals surface area contributed by atoms with Gasteiger partial charge in [-0.2, -0.15) is 5.10 Å². The molecule has 1 aromatic carbocycles. The molecule has 1 aromatic heterocycles. The first-order valence-electron chi connectivity index (χ1n) is 7.10. The molecule has 1 atom stereocenters. The molecule has 0 spiro atoms. The summed E-state index contributed by atoms with van der Waals surface area (Å²) in [5, 5.41) is 23.3. The summed E-state index contributed by atoms with van der Waals surface area (Å²) in [6.07, 6.45) is 2.08. The summed E-state index contributed by atoms with van der Waals surface area (Å²) in [7, 11) is 0. The molecule has 23 heavy (non-hydrogen) atoms. The van der Waals surface area contributed by atoms with Gasteiger partial charge in [0.25, 0.3) is 0 Å². The molecule has 0 aliphatic rings. The zero-order valence-corrected chi connectivity index (χ0v) is 12.8. The van der Waals surface area contributed by atoms with Gasteiger partial charge in [-0.05, 0) is 30.0 Å². The van der Waals surface area contributed by atoms with Crippen LogP contribution in [-0.4, -0.2) is 25.8 Å². The summed E-state index contributed by atoms with van der Waals surface area (Å²) >= 11 is 0. The van der Waals surface area contributed by atoms with Crippen LogP contribution >= 0.6 is 0 Å². The Morgan fingerprint density at radius 3 is 2.57 bits per heavy atom. The average molecular weight is 319 g/mol. The molecule has 1 N–H and O–H groups in total. The fraction of sp³-hybridized carbons (Fsp3) is 0.333. The Morgan fingerprint density at radius 1 is 1.43 bits per heavy atom. The Hall–Kier alpha value is -2.90. The lowest BCUT2D eigenvalue weighted by Gasteiger charge is -2.10. The normalized spacial score (nSPS) is 11.9. The van der Waals surface area contributed by atoms with E-state index in [4.69, 9.17) is 9.84 Å². The van der Waals surface area contributed by atoms with E-state index in [0.717, 1.165) is 17.3 Å². The minimum absolute atomic E-state index is 0.114. The molecule has 0 bridgehead atoms. The van der Waals surface area contributed by atoms with Gasteiger partial charge in [0.15, 0.2) is 6.73 Å². The Morgan fingerprint density at radius 2 is 2.09 bits per heavy atom. The third kappa shape index (κ3) is 3.85. The number of nitrogens with zero attached hydrogens (tertiary/aromatic N) is 3. The molecule has 0 saturated carbocycles. The molecule has 0 fully saturated rings. The number of carbonyl (C=O) groups is 1. The fourth-order valence-electron chi connectivity index (χ4n) is 2.03. The van der Waals surface area contributed by atoms with E-state index >= 15 is 0 Å². The molecule has 8 nitrogen and oxygen atoms in total. The van der Waals surface area contributed by atoms with Gasteiger partial charge in [-0.1, -0.05) is 26.0 Å². The maximum absolute atomic E-state index is 10.9. The lowest BCUT2D eigenvalue weighted by atomic mass is 9.99. The monoisotopic (exact) mass is 319 g/mol. The number of carboxylic acid groups (broad SMARTS) is 1. The molecule has 0 amide bonds. The molecule has 0 aliphatic heterocycles. The van der Waals surface area contributed by atoms with E-state index in [1.807, 2.05) is 12.1 Å². The number of rotatable bonds is 7. The number of ether oxygens (including phenoxy) is 1. The molecule has 2 rings (SSSR count). The Labute approximate surface area is 132 Å². The van der Waals surface area contributed by atoms with E-state index in [0.29, 0.717) is 11.7 Å². The molecule has 8 heteroatoms. The molecule has 0 aliphatic carbocycles. The third-order valence-corrected chi connectivity index (χ3v) is 3.57. The molecule has 1 heterocycles. The molecular formula is C15H17N3O5. The minimum Gasteiger partial charge on any atom is -0.476 e. The van der Waals surface area contributed by atoms with Gasteiger partial charge in [-0.25, -0.2) is 9.48 Å². The first-order chi connectivity index (χ1) is 10.9. The number of carboxylic acids is 1. The minimum atomic E-state index is -1.45. The standard InChI is InChI=1S/C15H17N3O5/c1-3-10(2)11-4-6-12(7-5-11)23-9-17-8-13(18(21)22)14(16-17)15(19)20/h4-8,10H,3,9H2,1-2H3,(H,19,20). The molecule has 122 valence electrons. The zero-order chi connectivity index (χ0) is 17.0. The van der Waals surface area contributed by atoms with Gasteiger partial charge in [-0.3, -0.25) is 10.1 Å². The number of nitro groups is 1. The average Bonchev–Trinajstić information content (AvgIpc) is 2.97. The Bertz CT molecular complexity index is 677. The summed E-state index contributed by atoms with van der Waals surface area (Å²) in [6, 6.07) is 7.52. The van der Waals surface area contributed by atoms with Crippen molar-refractivity contribution >= 4 is 11.7 Å². The van der Waals surface area contributed by atoms with Crippen LogP contribution in [-0.2, 0) is 6.73 Å². The maximum Gasteiger partial charge on any atom is 0.363 e. The van der Waals surface area contributed by atoms with E-state index in [9.17, 15) is 14.9 Å². The van der Waals surface area contributed by atoms with Crippen LogP contribution in [0.2, 0.25) is 0 Å². The van der Waals surface area contributed by atoms with Crippen LogP contribution in [0.5, 0.6) is 5.75 Å². The molecule has 0 saturated heterocycles. The largest absolute Gasteiger partial charge is 0.476 e. The van der Waals surface area contributed by atoms with Gasteiger partial charge in [-0.15, -0.1) is 0 Å². The summed E-state index contributed by atoms with van der Waals surface area (Å²) in [6.45, 7) is 4.13. The van der Waals surface area contributed by atoms with Crippen molar-refractivity contribution in [3.05, 3.63) is 51.8 Å². The number of benzene rings is 1. The van der Waals surface area contributed by atoms with E-state index in [1.165, 1.54) is 5.56 Å². The highest BCUT2D eigenvalue weighted by Crippen LogP contribution is 2.22. The van der Waals surface area contributed by atoms with Crippen LogP contribution in [0.3, 0.4) is 0 Å². The van der Waals surface area contributed by atoms with E-state index in [2.05, 4.69) is 18.9 Å². The summed E-state index contributed by atoms with van der Waals surface area (Å²) < 4.78 is 6.56. The molecular weight excluding hydrogens is 302 g/mol. The highest BCUT2D eigenvalue weighted by atomic mass is 16.6. The smallest absolute Gasteiger partial charge is 0.363 e. The van der Waals surface area contributed by atoms with Crippen LogP contribution < -0.4 is 4.74 Å². The second kappa shape index (κ2) is 6.91. The van der Waals surface area contributed by atoms with Crippen LogP contribution in [0.15, 0.2) is 30.5 Å². The lowest BCUT2D eigenvalue weighted by Crippen LogP contribution is -2.07. The van der Waals surface area contributed by atoms with Crippen LogP contribution in [0.1, 0.15) is 42.2 Å². The second-order valence-electron chi connectivity index (χ2n) is 5.12. The van der Waals surface area contributed by atoms with Crippen LogP contribution in [0, 0.1) is 10.1 Å². The van der Waals surface area contributed by atoms with Gasteiger partial charge < -0.3 is 9.84 Å². The predicted molar refractivity (Wildman–Crippen MR) is 81.6 cm³/mol. The van der Waals surface area contributed by atoms with Crippen molar-refractivity contribution in [2.45, 2.75) is 32.9 Å². The van der Waals surface area contributed by atoms with E-state index < -0.39 is 22.3 Å². The fourth-order valence-corrected chi connectivity index (χ4v) is 2.03. The van der Waals surface area contributed by atoms with E-state index in [-0.39, 0.29) is 6.73 Å². The van der Waals surface area contributed by atoms with Crippen molar-refractivity contribution in [1.82, 2.24) is 9.78 Å². The van der Waals surface area contributed by atoms with Crippen LogP contribution in [0.25, 0.3) is 0 Å². The number of aromatic nitrogens is 2. The quantitative estimate of drug-likeness (QED) is 0.621. The van der Waals surface area contributed by atoms with Gasteiger partial charge >= 0.3 is 11.7 Å². The van der Waals surface area contributed by atoms with Crippen molar-refractivity contribution in [2.75, 3.05) is 0 Å².